The zero-order valence-corrected chi connectivity index (χ0v) is 13.3. The van der Waals surface area contributed by atoms with Crippen LogP contribution in [0.15, 0.2) is 4.47 Å². The first kappa shape index (κ1) is 13.8. The van der Waals surface area contributed by atoms with Crippen molar-refractivity contribution < 1.29 is 0 Å². The topological polar surface area (TPSA) is 37.8 Å². The third-order valence-electron chi connectivity index (χ3n) is 3.98. The van der Waals surface area contributed by atoms with Gasteiger partial charge in [-0.3, -0.25) is 0 Å². The van der Waals surface area contributed by atoms with E-state index in [0.717, 1.165) is 21.8 Å². The number of anilines is 1. The van der Waals surface area contributed by atoms with Crippen LogP contribution >= 0.6 is 15.9 Å². The van der Waals surface area contributed by atoms with Crippen LogP contribution in [0.5, 0.6) is 0 Å². The number of hydrogen-bond donors (Lipinski definition) is 1. The van der Waals surface area contributed by atoms with E-state index in [1.54, 1.807) is 0 Å². The van der Waals surface area contributed by atoms with Gasteiger partial charge in [-0.2, -0.15) is 0 Å². The first-order valence-electron chi connectivity index (χ1n) is 6.65. The molecule has 2 rings (SSSR count). The minimum absolute atomic E-state index is 0.493. The smallest absolute Gasteiger partial charge is 0.144 e. The van der Waals surface area contributed by atoms with Gasteiger partial charge in [-0.25, -0.2) is 9.97 Å². The summed E-state index contributed by atoms with van der Waals surface area (Å²) in [5.41, 5.74) is 1.52. The van der Waals surface area contributed by atoms with Crippen molar-refractivity contribution >= 4 is 21.7 Å². The summed E-state index contributed by atoms with van der Waals surface area (Å²) in [7, 11) is 1.90. The van der Waals surface area contributed by atoms with E-state index in [9.17, 15) is 0 Å². The Balaban J connectivity index is 2.22. The number of aryl methyl sites for hydroxylation is 1. The molecule has 0 aromatic carbocycles. The van der Waals surface area contributed by atoms with Gasteiger partial charge in [0.25, 0.3) is 0 Å². The van der Waals surface area contributed by atoms with Crippen LogP contribution in [0.1, 0.15) is 57.0 Å². The summed E-state index contributed by atoms with van der Waals surface area (Å²) in [6.45, 7) is 6.74. The number of hydrogen-bond acceptors (Lipinski definition) is 3. The van der Waals surface area contributed by atoms with Gasteiger partial charge in [0.15, 0.2) is 0 Å². The Labute approximate surface area is 118 Å². The first-order chi connectivity index (χ1) is 8.43. The highest BCUT2D eigenvalue weighted by molar-refractivity contribution is 9.10. The zero-order valence-electron chi connectivity index (χ0n) is 11.7. The van der Waals surface area contributed by atoms with E-state index in [4.69, 9.17) is 0 Å². The largest absolute Gasteiger partial charge is 0.372 e. The lowest BCUT2D eigenvalue weighted by atomic mass is 9.73. The lowest BCUT2D eigenvalue weighted by Crippen LogP contribution is -2.21. The fourth-order valence-electron chi connectivity index (χ4n) is 2.59. The van der Waals surface area contributed by atoms with Gasteiger partial charge in [-0.15, -0.1) is 0 Å². The minimum atomic E-state index is 0.493. The van der Waals surface area contributed by atoms with Gasteiger partial charge in [-0.1, -0.05) is 13.8 Å². The lowest BCUT2D eigenvalue weighted by molar-refractivity contribution is 0.220. The molecule has 4 heteroatoms. The van der Waals surface area contributed by atoms with Crippen LogP contribution in [0.25, 0.3) is 0 Å². The molecule has 0 radical (unpaired) electrons. The highest BCUT2D eigenvalue weighted by Gasteiger charge is 2.29. The third-order valence-corrected chi connectivity index (χ3v) is 4.92. The Hall–Kier alpha value is -0.640. The average molecular weight is 312 g/mol. The highest BCUT2D eigenvalue weighted by atomic mass is 79.9. The van der Waals surface area contributed by atoms with Gasteiger partial charge in [0.2, 0.25) is 0 Å². The maximum Gasteiger partial charge on any atom is 0.144 e. The third kappa shape index (κ3) is 2.85. The Bertz CT molecular complexity index is 433. The van der Waals surface area contributed by atoms with Crippen LogP contribution in [0.4, 0.5) is 5.82 Å². The van der Waals surface area contributed by atoms with E-state index in [0.29, 0.717) is 11.3 Å². The van der Waals surface area contributed by atoms with Crippen molar-refractivity contribution in [2.45, 2.75) is 52.4 Å². The summed E-state index contributed by atoms with van der Waals surface area (Å²) in [5.74, 6) is 2.44. The van der Waals surface area contributed by atoms with E-state index in [2.05, 4.69) is 45.1 Å². The van der Waals surface area contributed by atoms with Gasteiger partial charge in [0.05, 0.1) is 10.2 Å². The number of nitrogens with zero attached hydrogens (tertiary/aromatic N) is 2. The predicted molar refractivity (Wildman–Crippen MR) is 79.0 cm³/mol. The molecule has 0 unspecified atom stereocenters. The standard InChI is InChI=1S/C14H22BrN3/c1-9-11(15)13(16-4)18-12(17-9)10-5-7-14(2,3)8-6-10/h10H,5-8H2,1-4H3,(H,16,17,18). The van der Waals surface area contributed by atoms with Crippen molar-refractivity contribution in [2.24, 2.45) is 5.41 Å². The number of nitrogens with one attached hydrogen (secondary N) is 1. The van der Waals surface area contributed by atoms with Crippen molar-refractivity contribution in [3.63, 3.8) is 0 Å². The Morgan fingerprint density at radius 1 is 1.22 bits per heavy atom. The fourth-order valence-corrected chi connectivity index (χ4v) is 2.96. The SMILES string of the molecule is CNc1nc(C2CCC(C)(C)CC2)nc(C)c1Br. The van der Waals surface area contributed by atoms with E-state index in [-0.39, 0.29) is 0 Å². The van der Waals surface area contributed by atoms with Crippen LogP contribution in [0, 0.1) is 12.3 Å². The number of aromatic nitrogens is 2. The molecule has 100 valence electrons. The Kier molecular flexibility index (Phi) is 3.95. The van der Waals surface area contributed by atoms with Crippen LogP contribution < -0.4 is 5.32 Å². The predicted octanol–water partition coefficient (Wildman–Crippen LogP) is 4.27. The Morgan fingerprint density at radius 2 is 1.83 bits per heavy atom. The molecular formula is C14H22BrN3. The molecule has 0 aliphatic heterocycles. The monoisotopic (exact) mass is 311 g/mol. The lowest BCUT2D eigenvalue weighted by Gasteiger charge is -2.33. The molecule has 0 saturated heterocycles. The molecule has 0 spiro atoms. The molecule has 3 nitrogen and oxygen atoms in total. The molecule has 1 aliphatic rings. The summed E-state index contributed by atoms with van der Waals surface area (Å²) < 4.78 is 0.977. The van der Waals surface area contributed by atoms with E-state index >= 15 is 0 Å². The van der Waals surface area contributed by atoms with Crippen molar-refractivity contribution in [3.8, 4) is 0 Å². The van der Waals surface area contributed by atoms with E-state index in [1.807, 2.05) is 14.0 Å². The second-order valence-corrected chi connectivity index (χ2v) is 6.81. The van der Waals surface area contributed by atoms with Crippen molar-refractivity contribution in [1.29, 1.82) is 0 Å². The van der Waals surface area contributed by atoms with Crippen molar-refractivity contribution in [1.82, 2.24) is 9.97 Å². The maximum atomic E-state index is 4.65. The van der Waals surface area contributed by atoms with Gasteiger partial charge >= 0.3 is 0 Å². The van der Waals surface area contributed by atoms with Crippen molar-refractivity contribution in [3.05, 3.63) is 16.0 Å². The summed E-state index contributed by atoms with van der Waals surface area (Å²) in [6, 6.07) is 0. The minimum Gasteiger partial charge on any atom is -0.372 e. The van der Waals surface area contributed by atoms with E-state index in [1.165, 1.54) is 25.7 Å². The van der Waals surface area contributed by atoms with Gasteiger partial charge < -0.3 is 5.32 Å². The quantitative estimate of drug-likeness (QED) is 0.886. The van der Waals surface area contributed by atoms with Crippen LogP contribution in [-0.2, 0) is 0 Å². The van der Waals surface area contributed by atoms with Crippen LogP contribution in [0.3, 0.4) is 0 Å². The van der Waals surface area contributed by atoms with Crippen molar-refractivity contribution in [2.75, 3.05) is 12.4 Å². The molecule has 0 atom stereocenters. The van der Waals surface area contributed by atoms with Crippen LogP contribution in [-0.4, -0.2) is 17.0 Å². The molecule has 0 amide bonds. The highest BCUT2D eigenvalue weighted by Crippen LogP contribution is 2.42. The summed E-state index contributed by atoms with van der Waals surface area (Å²) in [5, 5.41) is 3.13. The first-order valence-corrected chi connectivity index (χ1v) is 7.44. The molecule has 0 bridgehead atoms. The summed E-state index contributed by atoms with van der Waals surface area (Å²) in [4.78, 5) is 9.31. The zero-order chi connectivity index (χ0) is 13.3. The molecule has 1 aliphatic carbocycles. The Morgan fingerprint density at radius 3 is 2.39 bits per heavy atom. The fraction of sp³-hybridized carbons (Fsp3) is 0.714. The molecule has 1 heterocycles. The molecule has 1 N–H and O–H groups in total. The van der Waals surface area contributed by atoms with Crippen LogP contribution in [0.2, 0.25) is 0 Å². The second kappa shape index (κ2) is 5.16. The summed E-state index contributed by atoms with van der Waals surface area (Å²) in [6.07, 6.45) is 4.95. The maximum absolute atomic E-state index is 4.65. The number of rotatable bonds is 2. The second-order valence-electron chi connectivity index (χ2n) is 6.02. The molecule has 1 saturated carbocycles. The van der Waals surface area contributed by atoms with E-state index < -0.39 is 0 Å². The average Bonchev–Trinajstić information content (AvgIpc) is 2.32. The van der Waals surface area contributed by atoms with Gasteiger partial charge in [0.1, 0.15) is 11.6 Å². The summed E-state index contributed by atoms with van der Waals surface area (Å²) >= 11 is 3.53. The molecule has 1 aromatic rings. The molecular weight excluding hydrogens is 290 g/mol. The molecule has 1 fully saturated rings. The van der Waals surface area contributed by atoms with Gasteiger partial charge in [0, 0.05) is 13.0 Å². The molecule has 18 heavy (non-hydrogen) atoms. The number of halogens is 1. The normalized spacial score (nSPS) is 19.8. The van der Waals surface area contributed by atoms with Gasteiger partial charge in [-0.05, 0) is 54.0 Å². The molecule has 1 aromatic heterocycles.